The van der Waals surface area contributed by atoms with E-state index in [0.29, 0.717) is 0 Å². The molecular formula is C6H6I2N2. The predicted octanol–water partition coefficient (Wildman–Crippen LogP) is 3.21. The van der Waals surface area contributed by atoms with Gasteiger partial charge in [0.25, 0.3) is 0 Å². The topological polar surface area (TPSA) is 24.1 Å². The molecule has 0 radical (unpaired) electrons. The van der Waals surface area contributed by atoms with Gasteiger partial charge in [0.15, 0.2) is 0 Å². The second kappa shape index (κ2) is 4.22. The van der Waals surface area contributed by atoms with Gasteiger partial charge in [-0.3, -0.25) is 0 Å². The van der Waals surface area contributed by atoms with Crippen LogP contribution in [0, 0.1) is 0 Å². The zero-order valence-corrected chi connectivity index (χ0v) is 9.38. The zero-order valence-electron chi connectivity index (χ0n) is 5.07. The van der Waals surface area contributed by atoms with Gasteiger partial charge in [-0.15, -0.1) is 0 Å². The molecule has 2 nitrogen and oxygen atoms in total. The van der Waals surface area contributed by atoms with E-state index in [0.717, 1.165) is 11.4 Å². The lowest BCUT2D eigenvalue weighted by atomic mass is 10.3. The summed E-state index contributed by atoms with van der Waals surface area (Å²) in [5.41, 5.74) is 2.22. The molecule has 0 unspecified atom stereocenters. The molecular weight excluding hydrogens is 354 g/mol. The minimum absolute atomic E-state index is 1.11. The first kappa shape index (κ1) is 8.38. The van der Waals surface area contributed by atoms with Gasteiger partial charge in [0.1, 0.15) is 0 Å². The lowest BCUT2D eigenvalue weighted by molar-refractivity contribution is 1.69. The van der Waals surface area contributed by atoms with Gasteiger partial charge in [0.05, 0.1) is 57.1 Å². The Labute approximate surface area is 87.8 Å². The van der Waals surface area contributed by atoms with E-state index >= 15 is 0 Å². The minimum atomic E-state index is 1.11. The fourth-order valence-corrected chi connectivity index (χ4v) is 1.59. The number of hydrogen-bond donors (Lipinski definition) is 2. The van der Waals surface area contributed by atoms with E-state index < -0.39 is 0 Å². The number of nitrogens with one attached hydrogen (secondary N) is 2. The van der Waals surface area contributed by atoms with Gasteiger partial charge in [0, 0.05) is 0 Å². The molecule has 1 aromatic rings. The van der Waals surface area contributed by atoms with Crippen molar-refractivity contribution in [2.45, 2.75) is 0 Å². The van der Waals surface area contributed by atoms with Crippen LogP contribution in [0.1, 0.15) is 0 Å². The molecule has 2 N–H and O–H groups in total. The molecule has 0 saturated carbocycles. The predicted molar refractivity (Wildman–Crippen MR) is 61.7 cm³/mol. The highest BCUT2D eigenvalue weighted by atomic mass is 127. The Balaban J connectivity index is 2.96. The van der Waals surface area contributed by atoms with E-state index in [2.05, 4.69) is 52.8 Å². The molecule has 0 heterocycles. The molecule has 0 atom stereocenters. The molecule has 0 saturated heterocycles. The van der Waals surface area contributed by atoms with Crippen LogP contribution in [0.2, 0.25) is 0 Å². The molecule has 4 heteroatoms. The maximum Gasteiger partial charge on any atom is 0.0669 e. The van der Waals surface area contributed by atoms with Gasteiger partial charge in [-0.2, -0.15) is 0 Å². The normalized spacial score (nSPS) is 9.00. The van der Waals surface area contributed by atoms with Crippen LogP contribution in [0.4, 0.5) is 11.4 Å². The highest BCUT2D eigenvalue weighted by Crippen LogP contribution is 2.22. The third kappa shape index (κ3) is 1.88. The van der Waals surface area contributed by atoms with Crippen LogP contribution in [-0.2, 0) is 0 Å². The summed E-state index contributed by atoms with van der Waals surface area (Å²) in [6.07, 6.45) is 0. The van der Waals surface area contributed by atoms with E-state index in [1.165, 1.54) is 0 Å². The van der Waals surface area contributed by atoms with Crippen LogP contribution in [0.3, 0.4) is 0 Å². The van der Waals surface area contributed by atoms with E-state index in [4.69, 9.17) is 0 Å². The quantitative estimate of drug-likeness (QED) is 0.626. The number of hydrogen-bond acceptors (Lipinski definition) is 2. The average molecular weight is 360 g/mol. The lowest BCUT2D eigenvalue weighted by Crippen LogP contribution is -1.85. The number of para-hydroxylation sites is 2. The summed E-state index contributed by atoms with van der Waals surface area (Å²) in [6, 6.07) is 8.04. The van der Waals surface area contributed by atoms with Crippen LogP contribution in [0.15, 0.2) is 24.3 Å². The first-order valence-corrected chi connectivity index (χ1v) is 4.86. The van der Waals surface area contributed by atoms with Crippen LogP contribution in [0.25, 0.3) is 0 Å². The van der Waals surface area contributed by atoms with Crippen LogP contribution in [0.5, 0.6) is 0 Å². The molecule has 0 aromatic heterocycles. The summed E-state index contributed by atoms with van der Waals surface area (Å²) in [5, 5.41) is 0. The minimum Gasteiger partial charge on any atom is -0.327 e. The maximum absolute atomic E-state index is 3.05. The molecule has 0 spiro atoms. The van der Waals surface area contributed by atoms with Gasteiger partial charge >= 0.3 is 0 Å². The Morgan fingerprint density at radius 2 is 1.30 bits per heavy atom. The largest absolute Gasteiger partial charge is 0.327 e. The summed E-state index contributed by atoms with van der Waals surface area (Å²) < 4.78 is 6.10. The fraction of sp³-hybridized carbons (Fsp3) is 0. The van der Waals surface area contributed by atoms with Crippen molar-refractivity contribution in [3.8, 4) is 0 Å². The number of anilines is 2. The molecule has 0 amide bonds. The van der Waals surface area contributed by atoms with Gasteiger partial charge in [-0.1, -0.05) is 12.1 Å². The summed E-state index contributed by atoms with van der Waals surface area (Å²) >= 11 is 4.22. The number of benzene rings is 1. The second-order valence-electron chi connectivity index (χ2n) is 1.73. The van der Waals surface area contributed by atoms with Crippen molar-refractivity contribution in [2.75, 3.05) is 7.06 Å². The Kier molecular flexibility index (Phi) is 3.53. The van der Waals surface area contributed by atoms with E-state index in [1.807, 2.05) is 24.3 Å². The van der Waals surface area contributed by atoms with Gasteiger partial charge < -0.3 is 7.06 Å². The molecule has 10 heavy (non-hydrogen) atoms. The third-order valence-corrected chi connectivity index (χ3v) is 2.29. The molecule has 0 aliphatic carbocycles. The fourth-order valence-electron chi connectivity index (χ4n) is 0.648. The Morgan fingerprint density at radius 1 is 0.900 bits per heavy atom. The van der Waals surface area contributed by atoms with E-state index in [9.17, 15) is 0 Å². The Morgan fingerprint density at radius 3 is 1.60 bits per heavy atom. The van der Waals surface area contributed by atoms with Crippen molar-refractivity contribution in [1.82, 2.24) is 0 Å². The zero-order chi connectivity index (χ0) is 7.40. The SMILES string of the molecule is INc1ccccc1NI. The molecule has 0 aliphatic heterocycles. The van der Waals surface area contributed by atoms with Gasteiger partial charge in [0.2, 0.25) is 0 Å². The van der Waals surface area contributed by atoms with Crippen LogP contribution in [-0.4, -0.2) is 0 Å². The van der Waals surface area contributed by atoms with Crippen LogP contribution >= 0.6 is 45.7 Å². The lowest BCUT2D eigenvalue weighted by Gasteiger charge is -2.03. The standard InChI is InChI=1S/C6H6I2N2/c7-9-5-3-1-2-4-6(5)10-8/h1-4,9-10H. The summed E-state index contributed by atoms with van der Waals surface area (Å²) in [6.45, 7) is 0. The molecule has 1 aromatic carbocycles. The van der Waals surface area contributed by atoms with Crippen molar-refractivity contribution in [1.29, 1.82) is 0 Å². The van der Waals surface area contributed by atoms with Crippen LogP contribution < -0.4 is 7.06 Å². The highest BCUT2D eigenvalue weighted by molar-refractivity contribution is 14.1. The van der Waals surface area contributed by atoms with Gasteiger partial charge in [-0.25, -0.2) is 0 Å². The number of rotatable bonds is 2. The molecule has 1 rings (SSSR count). The molecule has 54 valence electrons. The first-order valence-electron chi connectivity index (χ1n) is 2.71. The van der Waals surface area contributed by atoms with Crippen molar-refractivity contribution < 1.29 is 0 Å². The molecule has 0 aliphatic rings. The van der Waals surface area contributed by atoms with Crippen molar-refractivity contribution in [3.05, 3.63) is 24.3 Å². The monoisotopic (exact) mass is 360 g/mol. The molecule has 0 bridgehead atoms. The van der Waals surface area contributed by atoms with Crippen molar-refractivity contribution in [2.24, 2.45) is 0 Å². The van der Waals surface area contributed by atoms with E-state index in [1.54, 1.807) is 0 Å². The third-order valence-electron chi connectivity index (χ3n) is 1.13. The van der Waals surface area contributed by atoms with Crippen molar-refractivity contribution >= 4 is 57.1 Å². The first-order chi connectivity index (χ1) is 4.88. The highest BCUT2D eigenvalue weighted by Gasteiger charge is 1.94. The van der Waals surface area contributed by atoms with E-state index in [-0.39, 0.29) is 0 Å². The van der Waals surface area contributed by atoms with Gasteiger partial charge in [-0.05, 0) is 12.1 Å². The van der Waals surface area contributed by atoms with Crippen molar-refractivity contribution in [3.63, 3.8) is 0 Å². The Bertz CT molecular complexity index is 192. The number of halogens is 2. The summed E-state index contributed by atoms with van der Waals surface area (Å²) in [7, 11) is 0. The second-order valence-corrected chi connectivity index (χ2v) is 2.81. The summed E-state index contributed by atoms with van der Waals surface area (Å²) in [5.74, 6) is 0. The Hall–Kier alpha value is 0.280. The maximum atomic E-state index is 3.05. The summed E-state index contributed by atoms with van der Waals surface area (Å²) in [4.78, 5) is 0. The smallest absolute Gasteiger partial charge is 0.0669 e. The average Bonchev–Trinajstić information content (AvgIpc) is 2.04. The molecule has 0 fully saturated rings.